The van der Waals surface area contributed by atoms with Gasteiger partial charge in [-0.2, -0.15) is 0 Å². The number of hydrogen-bond acceptors (Lipinski definition) is 3. The minimum absolute atomic E-state index is 0.413. The smallest absolute Gasteiger partial charge is 0.121 e. The average Bonchev–Trinajstić information content (AvgIpc) is 3.09. The van der Waals surface area contributed by atoms with Crippen LogP contribution in [0.25, 0.3) is 0 Å². The monoisotopic (exact) mass is 248 g/mol. The van der Waals surface area contributed by atoms with Crippen molar-refractivity contribution in [3.8, 4) is 5.75 Å². The van der Waals surface area contributed by atoms with Gasteiger partial charge in [0.25, 0.3) is 0 Å². The van der Waals surface area contributed by atoms with Crippen molar-refractivity contribution in [3.63, 3.8) is 0 Å². The minimum atomic E-state index is 0.413. The fraction of sp³-hybridized carbons (Fsp3) is 0.600. The first-order valence-electron chi connectivity index (χ1n) is 6.61. The topological polar surface area (TPSA) is 38.5 Å². The molecule has 0 amide bonds. The molecular formula is C15H24N2O. The second-order valence-electron chi connectivity index (χ2n) is 5.68. The van der Waals surface area contributed by atoms with Gasteiger partial charge in [0.15, 0.2) is 0 Å². The van der Waals surface area contributed by atoms with Crippen LogP contribution in [0.3, 0.4) is 0 Å². The summed E-state index contributed by atoms with van der Waals surface area (Å²) in [6.45, 7) is 4.99. The minimum Gasteiger partial charge on any atom is -0.496 e. The van der Waals surface area contributed by atoms with Crippen molar-refractivity contribution >= 4 is 0 Å². The first-order chi connectivity index (χ1) is 8.58. The van der Waals surface area contributed by atoms with Gasteiger partial charge < -0.3 is 15.4 Å². The molecule has 1 fully saturated rings. The van der Waals surface area contributed by atoms with E-state index in [2.05, 4.69) is 31.0 Å². The van der Waals surface area contributed by atoms with Gasteiger partial charge in [0, 0.05) is 13.1 Å². The molecule has 0 heterocycles. The molecular weight excluding hydrogens is 224 g/mol. The van der Waals surface area contributed by atoms with E-state index in [1.54, 1.807) is 7.11 Å². The van der Waals surface area contributed by atoms with Crippen LogP contribution in [0, 0.1) is 12.3 Å². The van der Waals surface area contributed by atoms with Gasteiger partial charge in [-0.15, -0.1) is 0 Å². The number of benzene rings is 1. The fourth-order valence-corrected chi connectivity index (χ4v) is 2.58. The molecule has 2 rings (SSSR count). The molecule has 1 aromatic carbocycles. The Bertz CT molecular complexity index is 413. The number of methoxy groups -OCH3 is 1. The molecule has 0 atom stereocenters. The number of nitrogens with two attached hydrogens (primary N) is 1. The van der Waals surface area contributed by atoms with Crippen LogP contribution in [0.2, 0.25) is 0 Å². The summed E-state index contributed by atoms with van der Waals surface area (Å²) in [6.07, 6.45) is 2.57. The van der Waals surface area contributed by atoms with Crippen molar-refractivity contribution in [1.82, 2.24) is 4.90 Å². The predicted molar refractivity (Wildman–Crippen MR) is 74.8 cm³/mol. The molecule has 100 valence electrons. The Labute approximate surface area is 110 Å². The Morgan fingerprint density at radius 1 is 1.39 bits per heavy atom. The summed E-state index contributed by atoms with van der Waals surface area (Å²) >= 11 is 0. The normalized spacial score (nSPS) is 16.9. The molecule has 3 heteroatoms. The molecule has 0 aliphatic heterocycles. The van der Waals surface area contributed by atoms with Crippen molar-refractivity contribution in [2.45, 2.75) is 26.3 Å². The van der Waals surface area contributed by atoms with Gasteiger partial charge in [0.05, 0.1) is 7.11 Å². The van der Waals surface area contributed by atoms with E-state index in [1.165, 1.54) is 24.0 Å². The highest BCUT2D eigenvalue weighted by atomic mass is 16.5. The van der Waals surface area contributed by atoms with Crippen LogP contribution in [0.15, 0.2) is 18.2 Å². The van der Waals surface area contributed by atoms with E-state index in [0.29, 0.717) is 5.41 Å². The van der Waals surface area contributed by atoms with Crippen molar-refractivity contribution in [2.75, 3.05) is 27.2 Å². The van der Waals surface area contributed by atoms with Crippen molar-refractivity contribution < 1.29 is 4.74 Å². The average molecular weight is 248 g/mol. The summed E-state index contributed by atoms with van der Waals surface area (Å²) in [4.78, 5) is 2.38. The lowest BCUT2D eigenvalue weighted by Gasteiger charge is -2.23. The lowest BCUT2D eigenvalue weighted by molar-refractivity contribution is 0.259. The Morgan fingerprint density at radius 2 is 2.11 bits per heavy atom. The van der Waals surface area contributed by atoms with Crippen LogP contribution in [0.1, 0.15) is 24.0 Å². The summed E-state index contributed by atoms with van der Waals surface area (Å²) in [5.74, 6) is 0.960. The fourth-order valence-electron chi connectivity index (χ4n) is 2.58. The lowest BCUT2D eigenvalue weighted by atomic mass is 10.1. The van der Waals surface area contributed by atoms with Crippen molar-refractivity contribution in [1.29, 1.82) is 0 Å². The van der Waals surface area contributed by atoms with Gasteiger partial charge in [0.1, 0.15) is 5.75 Å². The van der Waals surface area contributed by atoms with Crippen LogP contribution in [-0.4, -0.2) is 32.1 Å². The van der Waals surface area contributed by atoms with Gasteiger partial charge >= 0.3 is 0 Å². The molecule has 0 aromatic heterocycles. The molecule has 0 unspecified atom stereocenters. The number of rotatable bonds is 6. The number of ether oxygens (including phenoxy) is 1. The molecule has 18 heavy (non-hydrogen) atoms. The summed E-state index contributed by atoms with van der Waals surface area (Å²) < 4.78 is 5.28. The van der Waals surface area contributed by atoms with Gasteiger partial charge in [-0.05, 0) is 56.0 Å². The molecule has 0 saturated heterocycles. The van der Waals surface area contributed by atoms with Crippen LogP contribution >= 0.6 is 0 Å². The van der Waals surface area contributed by atoms with E-state index in [4.69, 9.17) is 10.5 Å². The molecule has 0 radical (unpaired) electrons. The van der Waals surface area contributed by atoms with Crippen LogP contribution < -0.4 is 10.5 Å². The predicted octanol–water partition coefficient (Wildman–Crippen LogP) is 2.17. The van der Waals surface area contributed by atoms with E-state index in [9.17, 15) is 0 Å². The third kappa shape index (κ3) is 3.03. The molecule has 3 nitrogen and oxygen atoms in total. The summed E-state index contributed by atoms with van der Waals surface area (Å²) in [7, 11) is 3.89. The number of aryl methyl sites for hydroxylation is 1. The number of hydrogen-bond donors (Lipinski definition) is 1. The van der Waals surface area contributed by atoms with E-state index in [0.717, 1.165) is 25.4 Å². The van der Waals surface area contributed by atoms with Gasteiger partial charge in [0.2, 0.25) is 0 Å². The summed E-state index contributed by atoms with van der Waals surface area (Å²) in [6, 6.07) is 6.40. The largest absolute Gasteiger partial charge is 0.496 e. The van der Waals surface area contributed by atoms with Crippen LogP contribution in [-0.2, 0) is 6.54 Å². The molecule has 2 N–H and O–H groups in total. The first kappa shape index (κ1) is 13.4. The van der Waals surface area contributed by atoms with E-state index in [-0.39, 0.29) is 0 Å². The Kier molecular flexibility index (Phi) is 3.93. The zero-order valence-electron chi connectivity index (χ0n) is 11.7. The zero-order valence-corrected chi connectivity index (χ0v) is 11.7. The molecule has 1 aliphatic carbocycles. The van der Waals surface area contributed by atoms with Crippen molar-refractivity contribution in [3.05, 3.63) is 29.3 Å². The maximum atomic E-state index is 5.83. The van der Waals surface area contributed by atoms with Crippen LogP contribution in [0.5, 0.6) is 5.75 Å². The molecule has 1 aromatic rings. The zero-order chi connectivity index (χ0) is 13.2. The molecule has 0 spiro atoms. The second kappa shape index (κ2) is 5.29. The first-order valence-corrected chi connectivity index (χ1v) is 6.61. The van der Waals surface area contributed by atoms with E-state index in [1.807, 2.05) is 6.07 Å². The Morgan fingerprint density at radius 3 is 2.61 bits per heavy atom. The standard InChI is InChI=1S/C15H24N2O/c1-12-8-13(4-5-14(12)18-3)9-17(2)11-15(10-16)6-7-15/h4-5,8H,6-7,9-11,16H2,1-3H3. The van der Waals surface area contributed by atoms with Gasteiger partial charge in [-0.3, -0.25) is 0 Å². The lowest BCUT2D eigenvalue weighted by Crippen LogP contribution is -2.31. The van der Waals surface area contributed by atoms with E-state index >= 15 is 0 Å². The number of nitrogens with zero attached hydrogens (tertiary/aromatic N) is 1. The Balaban J connectivity index is 1.94. The molecule has 1 aliphatic rings. The van der Waals surface area contributed by atoms with Crippen molar-refractivity contribution in [2.24, 2.45) is 11.1 Å². The highest BCUT2D eigenvalue weighted by Crippen LogP contribution is 2.45. The van der Waals surface area contributed by atoms with E-state index < -0.39 is 0 Å². The van der Waals surface area contributed by atoms with Crippen LogP contribution in [0.4, 0.5) is 0 Å². The molecule has 0 bridgehead atoms. The second-order valence-corrected chi connectivity index (χ2v) is 5.68. The third-order valence-electron chi connectivity index (χ3n) is 3.91. The SMILES string of the molecule is COc1ccc(CN(C)CC2(CN)CC2)cc1C. The van der Waals surface area contributed by atoms with Gasteiger partial charge in [-0.1, -0.05) is 12.1 Å². The summed E-state index contributed by atoms with van der Waals surface area (Å²) in [5, 5.41) is 0. The quantitative estimate of drug-likeness (QED) is 0.838. The maximum absolute atomic E-state index is 5.83. The Hall–Kier alpha value is -1.06. The highest BCUT2D eigenvalue weighted by molar-refractivity contribution is 5.36. The summed E-state index contributed by atoms with van der Waals surface area (Å²) in [5.41, 5.74) is 8.78. The highest BCUT2D eigenvalue weighted by Gasteiger charge is 2.41. The maximum Gasteiger partial charge on any atom is 0.121 e. The third-order valence-corrected chi connectivity index (χ3v) is 3.91. The van der Waals surface area contributed by atoms with Gasteiger partial charge in [-0.25, -0.2) is 0 Å². The molecule has 1 saturated carbocycles.